The van der Waals surface area contributed by atoms with E-state index in [0.717, 1.165) is 0 Å². The van der Waals surface area contributed by atoms with Crippen LogP contribution in [0, 0.1) is 34.9 Å². The second kappa shape index (κ2) is 10.3. The van der Waals surface area contributed by atoms with Gasteiger partial charge in [-0.05, 0) is 48.5 Å². The highest BCUT2D eigenvalue weighted by molar-refractivity contribution is 5.95. The number of hydrogen-bond acceptors (Lipinski definition) is 2. The average molecular weight is 621 g/mol. The molecule has 0 radical (unpaired) electrons. The molecule has 2 heterocycles. The number of imidazole rings is 2. The maximum Gasteiger partial charge on any atom is 0.173 e. The van der Waals surface area contributed by atoms with Crippen LogP contribution < -0.4 is 0 Å². The molecule has 0 amide bonds. The first-order chi connectivity index (χ1) is 22.4. The number of hydrogen-bond donors (Lipinski definition) is 0. The van der Waals surface area contributed by atoms with Crippen molar-refractivity contribution in [3.05, 3.63) is 144 Å². The summed E-state index contributed by atoms with van der Waals surface area (Å²) in [7, 11) is 0. The zero-order chi connectivity index (χ0) is 31.7. The highest BCUT2D eigenvalue weighted by Crippen LogP contribution is 2.43. The molecule has 0 fully saturated rings. The van der Waals surface area contributed by atoms with Gasteiger partial charge in [-0.25, -0.2) is 36.3 Å². The molecule has 0 saturated heterocycles. The van der Waals surface area contributed by atoms with Gasteiger partial charge in [0.25, 0.3) is 0 Å². The van der Waals surface area contributed by atoms with Crippen LogP contribution in [0.5, 0.6) is 0 Å². The molecule has 10 heteroatoms. The van der Waals surface area contributed by atoms with Crippen molar-refractivity contribution in [3.63, 3.8) is 0 Å². The number of nitrogens with zero attached hydrogens (tertiary/aromatic N) is 4. The minimum Gasteiger partial charge on any atom is -0.292 e. The Bertz CT molecular complexity index is 2310. The van der Waals surface area contributed by atoms with Crippen LogP contribution in [-0.2, 0) is 0 Å². The third-order valence-corrected chi connectivity index (χ3v) is 7.99. The van der Waals surface area contributed by atoms with Crippen LogP contribution in [0.3, 0.4) is 0 Å². The largest absolute Gasteiger partial charge is 0.292 e. The second-order valence-electron chi connectivity index (χ2n) is 10.6. The monoisotopic (exact) mass is 620 g/mol. The molecule has 0 saturated carbocycles. The molecule has 0 unspecified atom stereocenters. The molecule has 0 spiro atoms. The fourth-order valence-corrected chi connectivity index (χ4v) is 5.97. The summed E-state index contributed by atoms with van der Waals surface area (Å²) >= 11 is 0. The number of aromatic nitrogens is 4. The minimum absolute atomic E-state index is 0.300. The van der Waals surface area contributed by atoms with E-state index >= 15 is 26.3 Å². The van der Waals surface area contributed by atoms with Crippen LogP contribution in [0.25, 0.3) is 67.0 Å². The lowest BCUT2D eigenvalue weighted by atomic mass is 9.98. The van der Waals surface area contributed by atoms with Crippen molar-refractivity contribution in [2.45, 2.75) is 0 Å². The molecule has 6 aromatic carbocycles. The van der Waals surface area contributed by atoms with Gasteiger partial charge in [0, 0.05) is 11.4 Å². The van der Waals surface area contributed by atoms with Crippen LogP contribution in [0.1, 0.15) is 0 Å². The minimum atomic E-state index is -1.90. The molecule has 2 aromatic heterocycles. The number of fused-ring (bicyclic) bond motifs is 3. The van der Waals surface area contributed by atoms with Gasteiger partial charge in [0.05, 0.1) is 44.0 Å². The molecule has 8 aromatic rings. The lowest BCUT2D eigenvalue weighted by Crippen LogP contribution is -2.09. The normalized spacial score (nSPS) is 11.7. The first kappa shape index (κ1) is 27.6. The van der Waals surface area contributed by atoms with E-state index < -0.39 is 68.5 Å². The lowest BCUT2D eigenvalue weighted by molar-refractivity contribution is 0.485. The van der Waals surface area contributed by atoms with Crippen molar-refractivity contribution in [3.8, 4) is 34.2 Å². The van der Waals surface area contributed by atoms with Crippen molar-refractivity contribution in [2.75, 3.05) is 0 Å². The lowest BCUT2D eigenvalue weighted by Gasteiger charge is -2.16. The third kappa shape index (κ3) is 3.89. The number of halogens is 6. The predicted octanol–water partition coefficient (Wildman–Crippen LogP) is 9.69. The maximum absolute atomic E-state index is 16.4. The van der Waals surface area contributed by atoms with Crippen LogP contribution in [0.4, 0.5) is 26.3 Å². The summed E-state index contributed by atoms with van der Waals surface area (Å²) in [6.45, 7) is 0. The summed E-state index contributed by atoms with van der Waals surface area (Å²) in [5.41, 5.74) is 0.102. The fourth-order valence-electron chi connectivity index (χ4n) is 5.97. The van der Waals surface area contributed by atoms with E-state index in [1.807, 2.05) is 0 Å². The van der Waals surface area contributed by atoms with E-state index in [2.05, 4.69) is 9.97 Å². The van der Waals surface area contributed by atoms with Crippen molar-refractivity contribution in [1.29, 1.82) is 0 Å². The number of benzene rings is 6. The first-order valence-electron chi connectivity index (χ1n) is 14.1. The number of rotatable bonds is 4. The Balaban J connectivity index is 1.46. The van der Waals surface area contributed by atoms with E-state index in [4.69, 9.17) is 0 Å². The van der Waals surface area contributed by atoms with E-state index in [9.17, 15) is 0 Å². The Kier molecular flexibility index (Phi) is 6.21. The van der Waals surface area contributed by atoms with Crippen LogP contribution in [0.15, 0.2) is 109 Å². The van der Waals surface area contributed by atoms with Crippen molar-refractivity contribution >= 4 is 32.8 Å². The molecule has 224 valence electrons. The summed E-state index contributed by atoms with van der Waals surface area (Å²) in [5.74, 6) is -11.7. The standard InChI is InChI=1S/C36H18F6N4/c37-29-25-26(31(39)33(41)27(29)35-43-21-15-7-9-17-23(21)45(35)19-11-3-1-4-12-19)30(38)28(34(42)32(25)40)36-44-22-16-8-10-18-24(22)46(36)20-13-5-2-6-14-20/h1-18H. The molecule has 8 rings (SSSR count). The van der Waals surface area contributed by atoms with E-state index in [-0.39, 0.29) is 0 Å². The van der Waals surface area contributed by atoms with Gasteiger partial charge in [0.15, 0.2) is 34.9 Å². The summed E-state index contributed by atoms with van der Waals surface area (Å²) in [6.07, 6.45) is 0. The molecule has 0 atom stereocenters. The quantitative estimate of drug-likeness (QED) is 0.145. The molecule has 4 nitrogen and oxygen atoms in total. The summed E-state index contributed by atoms with van der Waals surface area (Å²) in [4.78, 5) is 8.66. The van der Waals surface area contributed by atoms with Gasteiger partial charge in [0.2, 0.25) is 0 Å². The Morgan fingerprint density at radius 2 is 0.717 bits per heavy atom. The van der Waals surface area contributed by atoms with Crippen LogP contribution >= 0.6 is 0 Å². The Labute approximate surface area is 256 Å². The van der Waals surface area contributed by atoms with E-state index in [1.54, 1.807) is 109 Å². The number of para-hydroxylation sites is 6. The Hall–Kier alpha value is -5.90. The smallest absolute Gasteiger partial charge is 0.173 e. The molecule has 0 aliphatic heterocycles. The van der Waals surface area contributed by atoms with Crippen LogP contribution in [-0.4, -0.2) is 19.1 Å². The summed E-state index contributed by atoms with van der Waals surface area (Å²) in [6, 6.07) is 29.8. The molecule has 0 bridgehead atoms. The summed E-state index contributed by atoms with van der Waals surface area (Å²) < 4.78 is 99.9. The molecular weight excluding hydrogens is 602 g/mol. The van der Waals surface area contributed by atoms with E-state index in [1.165, 1.54) is 9.13 Å². The van der Waals surface area contributed by atoms with Gasteiger partial charge in [-0.3, -0.25) is 9.13 Å². The Morgan fingerprint density at radius 1 is 0.370 bits per heavy atom. The second-order valence-corrected chi connectivity index (χ2v) is 10.6. The zero-order valence-electron chi connectivity index (χ0n) is 23.4. The first-order valence-corrected chi connectivity index (χ1v) is 14.1. The molecule has 0 aliphatic carbocycles. The van der Waals surface area contributed by atoms with Crippen molar-refractivity contribution in [2.24, 2.45) is 0 Å². The molecular formula is C36H18F6N4. The fraction of sp³-hybridized carbons (Fsp3) is 0. The Morgan fingerprint density at radius 3 is 1.11 bits per heavy atom. The molecule has 0 N–H and O–H groups in total. The topological polar surface area (TPSA) is 35.6 Å². The average Bonchev–Trinajstić information content (AvgIpc) is 3.65. The summed E-state index contributed by atoms with van der Waals surface area (Å²) in [5, 5.41) is -2.77. The van der Waals surface area contributed by atoms with Gasteiger partial charge in [-0.2, -0.15) is 0 Å². The van der Waals surface area contributed by atoms with E-state index in [0.29, 0.717) is 33.4 Å². The zero-order valence-corrected chi connectivity index (χ0v) is 23.4. The molecule has 0 aliphatic rings. The molecule has 46 heavy (non-hydrogen) atoms. The van der Waals surface area contributed by atoms with Crippen LogP contribution in [0.2, 0.25) is 0 Å². The predicted molar refractivity (Wildman–Crippen MR) is 164 cm³/mol. The van der Waals surface area contributed by atoms with Crippen molar-refractivity contribution < 1.29 is 26.3 Å². The van der Waals surface area contributed by atoms with Gasteiger partial charge >= 0.3 is 0 Å². The van der Waals surface area contributed by atoms with Gasteiger partial charge in [-0.1, -0.05) is 60.7 Å². The van der Waals surface area contributed by atoms with Gasteiger partial charge in [-0.15, -0.1) is 0 Å². The van der Waals surface area contributed by atoms with Crippen molar-refractivity contribution in [1.82, 2.24) is 19.1 Å². The maximum atomic E-state index is 16.4. The highest BCUT2D eigenvalue weighted by atomic mass is 19.2. The van der Waals surface area contributed by atoms with Gasteiger partial charge < -0.3 is 0 Å². The third-order valence-electron chi connectivity index (χ3n) is 7.99. The highest BCUT2D eigenvalue weighted by Gasteiger charge is 2.34. The SMILES string of the molecule is Fc1c(-c2nc3ccccc3n2-c2ccccc2)c(F)c2c(F)c(F)c(-c3nc4ccccc4n3-c3ccccc3)c(F)c2c1F. The van der Waals surface area contributed by atoms with Gasteiger partial charge in [0.1, 0.15) is 11.6 Å².